The topological polar surface area (TPSA) is 184 Å². The van der Waals surface area contributed by atoms with Crippen LogP contribution in [0.25, 0.3) is 33.2 Å². The molecule has 0 atom stereocenters. The highest BCUT2D eigenvalue weighted by Crippen LogP contribution is 2.51. The molecule has 0 aliphatic carbocycles. The number of nitriles is 2. The third-order valence-electron chi connectivity index (χ3n) is 6.41. The normalized spacial score (nSPS) is 10.5. The van der Waals surface area contributed by atoms with Crippen LogP contribution in [0.2, 0.25) is 0 Å². The van der Waals surface area contributed by atoms with E-state index in [0.717, 1.165) is 22.9 Å². The Bertz CT molecular complexity index is 2330. The molecule has 0 unspecified atom stereocenters. The molecule has 4 aromatic carbocycles. The molecule has 0 radical (unpaired) electrons. The number of benzene rings is 4. The second kappa shape index (κ2) is 15.8. The summed E-state index contributed by atoms with van der Waals surface area (Å²) < 4.78 is 28.8. The van der Waals surface area contributed by atoms with E-state index in [0.29, 0.717) is 21.4 Å². The molecule has 0 N–H and O–H groups in total. The van der Waals surface area contributed by atoms with Crippen LogP contribution in [0.4, 0.5) is 20.2 Å². The molecule has 13 nitrogen and oxygen atoms in total. The third-order valence-corrected chi connectivity index (χ3v) is 7.68. The fourth-order valence-electron chi connectivity index (χ4n) is 4.39. The van der Waals surface area contributed by atoms with Crippen LogP contribution in [0, 0.1) is 59.7 Å². The van der Waals surface area contributed by atoms with E-state index in [1.807, 2.05) is 12.1 Å². The summed E-state index contributed by atoms with van der Waals surface area (Å²) in [7, 11) is 0. The number of rotatable bonds is 4. The molecule has 0 amide bonds. The largest absolute Gasteiger partial charge is 0.595 e. The van der Waals surface area contributed by atoms with Crippen molar-refractivity contribution in [2.75, 3.05) is 0 Å². The first-order valence-electron chi connectivity index (χ1n) is 12.8. The van der Waals surface area contributed by atoms with Gasteiger partial charge in [0.1, 0.15) is 35.0 Å². The lowest BCUT2D eigenvalue weighted by Gasteiger charge is -2.03. The van der Waals surface area contributed by atoms with Crippen molar-refractivity contribution in [3.63, 3.8) is 0 Å². The van der Waals surface area contributed by atoms with Crippen LogP contribution >= 0.6 is 71.6 Å². The number of aromatic nitrogens is 4. The van der Waals surface area contributed by atoms with E-state index in [2.05, 4.69) is 37.0 Å². The van der Waals surface area contributed by atoms with Gasteiger partial charge >= 0.3 is 0 Å². The van der Waals surface area contributed by atoms with E-state index < -0.39 is 27.5 Å². The van der Waals surface area contributed by atoms with E-state index in [1.54, 1.807) is 0 Å². The molecule has 6 aromatic rings. The van der Waals surface area contributed by atoms with E-state index in [1.165, 1.54) is 59.3 Å². The van der Waals surface area contributed by atoms with Crippen molar-refractivity contribution < 1.29 is 23.5 Å². The molecule has 0 saturated carbocycles. The van der Waals surface area contributed by atoms with Gasteiger partial charge in [0.05, 0.1) is 35.9 Å². The average Bonchev–Trinajstić information content (AvgIpc) is 3.54. The predicted molar refractivity (Wildman–Crippen MR) is 186 cm³/mol. The smallest absolute Gasteiger partial charge is 0.290 e. The van der Waals surface area contributed by atoms with Gasteiger partial charge in [-0.15, -0.1) is 0 Å². The van der Waals surface area contributed by atoms with Crippen LogP contribution < -0.4 is 4.85 Å². The summed E-state index contributed by atoms with van der Waals surface area (Å²) in [5, 5.41) is 58.1. The summed E-state index contributed by atoms with van der Waals surface area (Å²) in [6, 6.07) is 19.6. The quantitative estimate of drug-likeness (QED) is 0.0551. The Morgan fingerprint density at radius 3 is 1.69 bits per heavy atom. The standard InChI is InChI=1S/C14H6BrFN4O3.C14H6BrFN4O2.Cl3P/c15-11-5-10-12(6-13(11)20(22)23)19(21)18(14(10)7-17)9-3-1-8(16)2-4-9;15-11-5-10-12(6-13(11)20(21)22)18-19(14(10)7-17)9-3-1-8(16)2-4-9;1-4(2)3/h1-6H;1-6H;. The summed E-state index contributed by atoms with van der Waals surface area (Å²) in [5.74, 6) is -2.10. The molecule has 6 rings (SSSR count). The Balaban J connectivity index is 0.000000199. The monoisotopic (exact) mass is 872 g/mol. The molecule has 0 spiro atoms. The number of nitro benzene ring substituents is 2. The minimum absolute atomic E-state index is 0.00259. The van der Waals surface area contributed by atoms with Crippen molar-refractivity contribution in [3.05, 3.63) is 130 Å². The summed E-state index contributed by atoms with van der Waals surface area (Å²) in [6.07, 6.45) is 0. The van der Waals surface area contributed by atoms with Gasteiger partial charge in [-0.2, -0.15) is 15.6 Å². The number of halogens is 7. The lowest BCUT2D eigenvalue weighted by molar-refractivity contribution is -0.659. The van der Waals surface area contributed by atoms with Crippen LogP contribution in [0.5, 0.6) is 0 Å². The van der Waals surface area contributed by atoms with Gasteiger partial charge in [-0.1, -0.05) is 43.2 Å². The Hall–Kier alpha value is -4.48. The van der Waals surface area contributed by atoms with Crippen LogP contribution in [0.15, 0.2) is 81.7 Å². The zero-order valence-electron chi connectivity index (χ0n) is 23.6. The number of hydrogen-bond acceptors (Lipinski definition) is 8. The van der Waals surface area contributed by atoms with E-state index in [9.17, 15) is 44.7 Å². The molecule has 2 heterocycles. The SMILES string of the molecule is ClP(Cl)Cl.N#Cc1c2cc(Br)c([N+](=O)[O-])cc2[n+]([O-])n1-c1ccc(F)cc1.N#Cc1c2cc(Br)c([N+](=O)[O-])cc2nn1-c1ccc(F)cc1. The molecule has 0 saturated heterocycles. The van der Waals surface area contributed by atoms with Crippen molar-refractivity contribution >= 4 is 105 Å². The minimum Gasteiger partial charge on any atom is -0.595 e. The van der Waals surface area contributed by atoms with Gasteiger partial charge in [-0.3, -0.25) is 20.2 Å². The molecule has 0 fully saturated rings. The number of nitrogens with zero attached hydrogens (tertiary/aromatic N) is 8. The van der Waals surface area contributed by atoms with Crippen LogP contribution in [0.1, 0.15) is 11.4 Å². The van der Waals surface area contributed by atoms with Crippen molar-refractivity contribution in [1.29, 1.82) is 10.5 Å². The van der Waals surface area contributed by atoms with Gasteiger partial charge in [0.15, 0.2) is 17.4 Å². The second-order valence-electron chi connectivity index (χ2n) is 9.22. The van der Waals surface area contributed by atoms with Gasteiger partial charge < -0.3 is 5.21 Å². The average molecular weight is 876 g/mol. The fraction of sp³-hybridized carbons (Fsp3) is 0. The summed E-state index contributed by atoms with van der Waals surface area (Å²) in [6.45, 7) is 0. The first-order chi connectivity index (χ1) is 23.2. The number of fused-ring (bicyclic) bond motifs is 2. The van der Waals surface area contributed by atoms with Crippen molar-refractivity contribution in [3.8, 4) is 23.5 Å². The Kier molecular flexibility index (Phi) is 12.1. The molecular weight excluding hydrogens is 863 g/mol. The highest BCUT2D eigenvalue weighted by Gasteiger charge is 2.27. The van der Waals surface area contributed by atoms with Gasteiger partial charge in [0.2, 0.25) is 0 Å². The van der Waals surface area contributed by atoms with Crippen LogP contribution in [-0.2, 0) is 0 Å². The van der Waals surface area contributed by atoms with E-state index >= 15 is 0 Å². The first kappa shape index (κ1) is 37.3. The van der Waals surface area contributed by atoms with Gasteiger partial charge in [-0.25, -0.2) is 13.5 Å². The van der Waals surface area contributed by atoms with E-state index in [-0.39, 0.29) is 48.3 Å². The zero-order chi connectivity index (χ0) is 36.2. The third kappa shape index (κ3) is 8.22. The molecule has 2 aromatic heterocycles. The van der Waals surface area contributed by atoms with Crippen molar-refractivity contribution in [2.45, 2.75) is 0 Å². The Morgan fingerprint density at radius 2 is 1.22 bits per heavy atom. The molecule has 248 valence electrons. The lowest BCUT2D eigenvalue weighted by atomic mass is 10.2. The highest BCUT2D eigenvalue weighted by atomic mass is 79.9. The lowest BCUT2D eigenvalue weighted by Crippen LogP contribution is -2.37. The van der Waals surface area contributed by atoms with Gasteiger partial charge in [-0.05, 0) is 92.5 Å². The molecule has 0 bridgehead atoms. The van der Waals surface area contributed by atoms with Gasteiger partial charge in [0, 0.05) is 11.5 Å². The fourth-order valence-corrected chi connectivity index (χ4v) is 5.36. The molecule has 49 heavy (non-hydrogen) atoms. The predicted octanol–water partition coefficient (Wildman–Crippen LogP) is 9.58. The molecule has 0 aliphatic heterocycles. The van der Waals surface area contributed by atoms with E-state index in [4.69, 9.17) is 33.7 Å². The molecule has 0 aliphatic rings. The summed E-state index contributed by atoms with van der Waals surface area (Å²) in [5.41, 5.74) is 0.843. The highest BCUT2D eigenvalue weighted by molar-refractivity contribution is 9.11. The van der Waals surface area contributed by atoms with Crippen molar-refractivity contribution in [1.82, 2.24) is 14.5 Å². The first-order valence-corrected chi connectivity index (χ1v) is 18.4. The van der Waals surface area contributed by atoms with Crippen molar-refractivity contribution in [2.24, 2.45) is 0 Å². The summed E-state index contributed by atoms with van der Waals surface area (Å²) >= 11 is 20.8. The Morgan fingerprint density at radius 1 is 0.776 bits per heavy atom. The minimum atomic E-state index is -1.20. The van der Waals surface area contributed by atoms with Gasteiger partial charge in [0.25, 0.3) is 16.9 Å². The number of nitro groups is 2. The second-order valence-corrected chi connectivity index (χ2v) is 15.9. The van der Waals surface area contributed by atoms with Crippen LogP contribution in [0.3, 0.4) is 0 Å². The molecular formula is C28H12Br2Cl3F2N8O5P. The zero-order valence-corrected chi connectivity index (χ0v) is 30.0. The Labute approximate surface area is 305 Å². The summed E-state index contributed by atoms with van der Waals surface area (Å²) in [4.78, 5) is 21.2. The number of hydrogen-bond donors (Lipinski definition) is 0. The maximum Gasteiger partial charge on any atom is 0.290 e. The van der Waals surface area contributed by atoms with Crippen LogP contribution in [-0.4, -0.2) is 24.3 Å². The molecule has 21 heteroatoms. The maximum absolute atomic E-state index is 13.0. The maximum atomic E-state index is 13.0.